The molecule has 1 aliphatic rings. The van der Waals surface area contributed by atoms with Gasteiger partial charge in [0.25, 0.3) is 0 Å². The van der Waals surface area contributed by atoms with E-state index in [2.05, 4.69) is 23.4 Å². The Balaban J connectivity index is 2.48. The lowest BCUT2D eigenvalue weighted by atomic mass is 10.2. The van der Waals surface area contributed by atoms with Crippen molar-refractivity contribution in [2.24, 2.45) is 0 Å². The van der Waals surface area contributed by atoms with Gasteiger partial charge in [0.1, 0.15) is 11.6 Å². The van der Waals surface area contributed by atoms with E-state index < -0.39 is 0 Å². The third-order valence-corrected chi connectivity index (χ3v) is 2.59. The molecule has 0 amide bonds. The summed E-state index contributed by atoms with van der Waals surface area (Å²) in [6.45, 7) is 6.32. The Hall–Kier alpha value is -0.990. The minimum Gasteiger partial charge on any atom is -0.384 e. The van der Waals surface area contributed by atoms with Crippen molar-refractivity contribution < 1.29 is 0 Å². The van der Waals surface area contributed by atoms with Crippen LogP contribution in [0.1, 0.15) is 50.2 Å². The molecule has 0 spiro atoms. The molecule has 1 aromatic heterocycles. The maximum atomic E-state index is 5.98. The van der Waals surface area contributed by atoms with Crippen molar-refractivity contribution in [3.05, 3.63) is 11.5 Å². The normalized spacial score (nSPS) is 16.9. The highest BCUT2D eigenvalue weighted by Crippen LogP contribution is 2.40. The van der Waals surface area contributed by atoms with E-state index in [9.17, 15) is 0 Å². The predicted octanol–water partition coefficient (Wildman–Crippen LogP) is 2.23. The van der Waals surface area contributed by atoms with Gasteiger partial charge in [0, 0.05) is 12.0 Å². The van der Waals surface area contributed by atoms with Crippen LogP contribution in [0.25, 0.3) is 0 Å². The molecule has 0 saturated heterocycles. The first-order valence-electron chi connectivity index (χ1n) is 4.95. The number of imidazole rings is 1. The van der Waals surface area contributed by atoms with Crippen molar-refractivity contribution in [2.45, 2.75) is 45.6 Å². The van der Waals surface area contributed by atoms with Crippen molar-refractivity contribution in [1.82, 2.24) is 9.55 Å². The van der Waals surface area contributed by atoms with Crippen LogP contribution in [-0.2, 0) is 0 Å². The van der Waals surface area contributed by atoms with Crippen LogP contribution in [0.15, 0.2) is 0 Å². The number of anilines is 1. The monoisotopic (exact) mass is 179 g/mol. The Morgan fingerprint density at radius 3 is 2.54 bits per heavy atom. The number of nitrogens with zero attached hydrogens (tertiary/aromatic N) is 2. The van der Waals surface area contributed by atoms with Crippen molar-refractivity contribution in [1.29, 1.82) is 0 Å². The second kappa shape index (κ2) is 2.76. The van der Waals surface area contributed by atoms with Crippen molar-refractivity contribution in [2.75, 3.05) is 5.73 Å². The fourth-order valence-electron chi connectivity index (χ4n) is 1.70. The quantitative estimate of drug-likeness (QED) is 0.756. The molecule has 3 heteroatoms. The van der Waals surface area contributed by atoms with E-state index in [1.807, 2.05) is 6.92 Å². The zero-order chi connectivity index (χ0) is 9.59. The van der Waals surface area contributed by atoms with Gasteiger partial charge in [0.05, 0.1) is 5.69 Å². The molecule has 0 bridgehead atoms. The fourth-order valence-corrected chi connectivity index (χ4v) is 1.70. The van der Waals surface area contributed by atoms with Gasteiger partial charge in [0.2, 0.25) is 0 Å². The minimum atomic E-state index is 0.469. The summed E-state index contributed by atoms with van der Waals surface area (Å²) in [6.07, 6.45) is 2.53. The van der Waals surface area contributed by atoms with Crippen molar-refractivity contribution >= 4 is 5.82 Å². The molecule has 3 nitrogen and oxygen atoms in total. The van der Waals surface area contributed by atoms with Crippen LogP contribution in [-0.4, -0.2) is 9.55 Å². The van der Waals surface area contributed by atoms with E-state index in [1.54, 1.807) is 0 Å². The van der Waals surface area contributed by atoms with Crippen LogP contribution in [0.5, 0.6) is 0 Å². The van der Waals surface area contributed by atoms with Crippen LogP contribution in [0.2, 0.25) is 0 Å². The number of nitrogen functional groups attached to an aromatic ring is 1. The highest BCUT2D eigenvalue weighted by atomic mass is 15.2. The summed E-state index contributed by atoms with van der Waals surface area (Å²) in [6, 6.07) is 0.638. The number of aryl methyl sites for hydroxylation is 1. The average Bonchev–Trinajstić information content (AvgIpc) is 2.82. The first-order valence-corrected chi connectivity index (χ1v) is 4.95. The first kappa shape index (κ1) is 8.60. The molecule has 1 aromatic rings. The Morgan fingerprint density at radius 2 is 2.08 bits per heavy atom. The third kappa shape index (κ3) is 1.32. The molecular formula is C10H17N3. The molecule has 1 aliphatic carbocycles. The van der Waals surface area contributed by atoms with Crippen LogP contribution in [0.4, 0.5) is 5.82 Å². The third-order valence-electron chi connectivity index (χ3n) is 2.59. The Morgan fingerprint density at radius 1 is 1.46 bits per heavy atom. The van der Waals surface area contributed by atoms with Gasteiger partial charge in [-0.3, -0.25) is 0 Å². The molecular weight excluding hydrogens is 162 g/mol. The zero-order valence-electron chi connectivity index (χ0n) is 8.54. The molecule has 1 fully saturated rings. The van der Waals surface area contributed by atoms with E-state index in [0.717, 1.165) is 17.3 Å². The van der Waals surface area contributed by atoms with Crippen molar-refractivity contribution in [3.8, 4) is 0 Å². The van der Waals surface area contributed by atoms with Crippen LogP contribution < -0.4 is 5.73 Å². The van der Waals surface area contributed by atoms with Crippen LogP contribution in [0.3, 0.4) is 0 Å². The van der Waals surface area contributed by atoms with E-state index in [0.29, 0.717) is 12.0 Å². The second-order valence-corrected chi connectivity index (χ2v) is 4.20. The van der Waals surface area contributed by atoms with Crippen LogP contribution in [0, 0.1) is 6.92 Å². The predicted molar refractivity (Wildman–Crippen MR) is 53.7 cm³/mol. The fraction of sp³-hybridized carbons (Fsp3) is 0.700. The molecule has 0 aliphatic heterocycles. The summed E-state index contributed by atoms with van der Waals surface area (Å²) in [5.41, 5.74) is 6.96. The standard InChI is InChI=1S/C10H17N3/c1-6(2)10-12-7(3)9(11)13(10)8-4-5-8/h6,8H,4-5,11H2,1-3H3. The maximum absolute atomic E-state index is 5.98. The largest absolute Gasteiger partial charge is 0.384 e. The van der Waals surface area contributed by atoms with E-state index in [4.69, 9.17) is 5.73 Å². The van der Waals surface area contributed by atoms with Gasteiger partial charge < -0.3 is 10.3 Å². The summed E-state index contributed by atoms with van der Waals surface area (Å²) in [5.74, 6) is 2.49. The molecule has 2 rings (SSSR count). The smallest absolute Gasteiger partial charge is 0.126 e. The average molecular weight is 179 g/mol. The lowest BCUT2D eigenvalue weighted by Gasteiger charge is -2.10. The van der Waals surface area contributed by atoms with Gasteiger partial charge in [-0.05, 0) is 19.8 Å². The second-order valence-electron chi connectivity index (χ2n) is 4.20. The molecule has 0 radical (unpaired) electrons. The lowest BCUT2D eigenvalue weighted by Crippen LogP contribution is -2.06. The Kier molecular flexibility index (Phi) is 1.82. The van der Waals surface area contributed by atoms with Crippen LogP contribution >= 0.6 is 0 Å². The van der Waals surface area contributed by atoms with Gasteiger partial charge in [-0.1, -0.05) is 13.8 Å². The molecule has 1 saturated carbocycles. The maximum Gasteiger partial charge on any atom is 0.126 e. The lowest BCUT2D eigenvalue weighted by molar-refractivity contribution is 0.646. The number of rotatable bonds is 2. The summed E-state index contributed by atoms with van der Waals surface area (Å²) in [5, 5.41) is 0. The molecule has 1 heterocycles. The van der Waals surface area contributed by atoms with Crippen molar-refractivity contribution in [3.63, 3.8) is 0 Å². The van der Waals surface area contributed by atoms with Gasteiger partial charge in [-0.25, -0.2) is 4.98 Å². The van der Waals surface area contributed by atoms with E-state index >= 15 is 0 Å². The van der Waals surface area contributed by atoms with Gasteiger partial charge in [0.15, 0.2) is 0 Å². The first-order chi connectivity index (χ1) is 6.11. The van der Waals surface area contributed by atoms with Gasteiger partial charge in [-0.15, -0.1) is 0 Å². The molecule has 0 atom stereocenters. The number of nitrogens with two attached hydrogens (primary N) is 1. The summed E-state index contributed by atoms with van der Waals surface area (Å²) in [7, 11) is 0. The van der Waals surface area contributed by atoms with E-state index in [-0.39, 0.29) is 0 Å². The van der Waals surface area contributed by atoms with Gasteiger partial charge >= 0.3 is 0 Å². The molecule has 0 aromatic carbocycles. The molecule has 0 unspecified atom stereocenters. The summed E-state index contributed by atoms with van der Waals surface area (Å²) in [4.78, 5) is 4.51. The number of aromatic nitrogens is 2. The summed E-state index contributed by atoms with van der Waals surface area (Å²) < 4.78 is 2.22. The SMILES string of the molecule is Cc1nc(C(C)C)n(C2CC2)c1N. The molecule has 13 heavy (non-hydrogen) atoms. The minimum absolute atomic E-state index is 0.469. The zero-order valence-corrected chi connectivity index (χ0v) is 8.54. The Labute approximate surface area is 79.0 Å². The highest BCUT2D eigenvalue weighted by Gasteiger charge is 2.29. The Bertz CT molecular complexity index is 321. The molecule has 2 N–H and O–H groups in total. The topological polar surface area (TPSA) is 43.8 Å². The number of hydrogen-bond acceptors (Lipinski definition) is 2. The van der Waals surface area contributed by atoms with Gasteiger partial charge in [-0.2, -0.15) is 0 Å². The van der Waals surface area contributed by atoms with E-state index in [1.165, 1.54) is 12.8 Å². The summed E-state index contributed by atoms with van der Waals surface area (Å²) >= 11 is 0. The number of hydrogen-bond donors (Lipinski definition) is 1. The molecule has 72 valence electrons. The highest BCUT2D eigenvalue weighted by molar-refractivity contribution is 5.39.